The van der Waals surface area contributed by atoms with Crippen LogP contribution in [0.1, 0.15) is 42.0 Å². The minimum atomic E-state index is 0.270. The molecule has 1 aromatic carbocycles. The van der Waals surface area contributed by atoms with Crippen LogP contribution in [0, 0.1) is 20.8 Å². The first-order valence-electron chi connectivity index (χ1n) is 7.75. The maximum Gasteiger partial charge on any atom is 0.187 e. The number of hydrogen-bond acceptors (Lipinski definition) is 3. The first-order valence-corrected chi connectivity index (χ1v) is 8.16. The van der Waals surface area contributed by atoms with Gasteiger partial charge in [-0.1, -0.05) is 17.7 Å². The maximum absolute atomic E-state index is 5.56. The van der Waals surface area contributed by atoms with E-state index in [9.17, 15) is 0 Å². The largest absolute Gasteiger partial charge is 0.376 e. The van der Waals surface area contributed by atoms with Gasteiger partial charge in [0.2, 0.25) is 0 Å². The maximum atomic E-state index is 5.56. The van der Waals surface area contributed by atoms with Gasteiger partial charge in [-0.2, -0.15) is 5.10 Å². The van der Waals surface area contributed by atoms with Gasteiger partial charge in [-0.25, -0.2) is 0 Å². The smallest absolute Gasteiger partial charge is 0.187 e. The van der Waals surface area contributed by atoms with Crippen molar-refractivity contribution in [1.29, 1.82) is 0 Å². The summed E-state index contributed by atoms with van der Waals surface area (Å²) in [6, 6.07) is 4.35. The Labute approximate surface area is 138 Å². The van der Waals surface area contributed by atoms with E-state index in [2.05, 4.69) is 48.7 Å². The average Bonchev–Trinajstić information content (AvgIpc) is 2.95. The van der Waals surface area contributed by atoms with Crippen LogP contribution in [0.2, 0.25) is 0 Å². The normalized spacial score (nSPS) is 18.4. The number of aryl methyl sites for hydroxylation is 3. The van der Waals surface area contributed by atoms with Crippen LogP contribution in [0.5, 0.6) is 0 Å². The van der Waals surface area contributed by atoms with Crippen molar-refractivity contribution in [3.8, 4) is 0 Å². The monoisotopic (exact) mass is 319 g/mol. The fourth-order valence-electron chi connectivity index (χ4n) is 2.99. The van der Waals surface area contributed by atoms with Gasteiger partial charge >= 0.3 is 0 Å². The molecule has 1 aromatic rings. The van der Waals surface area contributed by atoms with Crippen LogP contribution >= 0.6 is 12.2 Å². The van der Waals surface area contributed by atoms with Crippen LogP contribution in [-0.2, 0) is 4.74 Å². The first-order chi connectivity index (χ1) is 10.5. The zero-order valence-electron chi connectivity index (χ0n) is 13.8. The Kier molecular flexibility index (Phi) is 5.91. The third-order valence-electron chi connectivity index (χ3n) is 3.88. The van der Waals surface area contributed by atoms with Crippen molar-refractivity contribution in [1.82, 2.24) is 10.7 Å². The second-order valence-electron chi connectivity index (χ2n) is 5.93. The minimum Gasteiger partial charge on any atom is -0.376 e. The highest BCUT2D eigenvalue weighted by Gasteiger charge is 2.15. The molecule has 2 rings (SSSR count). The summed E-state index contributed by atoms with van der Waals surface area (Å²) in [5.74, 6) is 0. The molecule has 1 aliphatic rings. The third-order valence-corrected chi connectivity index (χ3v) is 4.11. The van der Waals surface area contributed by atoms with Crippen LogP contribution in [-0.4, -0.2) is 30.1 Å². The summed E-state index contributed by atoms with van der Waals surface area (Å²) in [6.07, 6.45) is 2.50. The van der Waals surface area contributed by atoms with Crippen molar-refractivity contribution in [3.63, 3.8) is 0 Å². The summed E-state index contributed by atoms with van der Waals surface area (Å²) >= 11 is 5.26. The van der Waals surface area contributed by atoms with Crippen LogP contribution in [0.3, 0.4) is 0 Å². The van der Waals surface area contributed by atoms with Gasteiger partial charge in [0.15, 0.2) is 5.11 Å². The number of ether oxygens (including phenoxy) is 1. The molecule has 1 atom stereocenters. The molecule has 0 radical (unpaired) electrons. The molecule has 22 heavy (non-hydrogen) atoms. The van der Waals surface area contributed by atoms with Gasteiger partial charge in [0.1, 0.15) is 0 Å². The summed E-state index contributed by atoms with van der Waals surface area (Å²) in [5.41, 5.74) is 8.79. The molecule has 2 N–H and O–H groups in total. The van der Waals surface area contributed by atoms with Gasteiger partial charge < -0.3 is 10.1 Å². The number of thiocarbonyl (C=S) groups is 1. The molecule has 5 heteroatoms. The van der Waals surface area contributed by atoms with E-state index in [0.29, 0.717) is 5.11 Å². The van der Waals surface area contributed by atoms with Crippen molar-refractivity contribution in [2.24, 2.45) is 5.10 Å². The highest BCUT2D eigenvalue weighted by Crippen LogP contribution is 2.17. The lowest BCUT2D eigenvalue weighted by atomic mass is 9.97. The number of rotatable bonds is 4. The van der Waals surface area contributed by atoms with Gasteiger partial charge in [0.05, 0.1) is 11.8 Å². The zero-order valence-corrected chi connectivity index (χ0v) is 14.6. The molecule has 4 nitrogen and oxygen atoms in total. The minimum absolute atomic E-state index is 0.270. The second-order valence-corrected chi connectivity index (χ2v) is 6.34. The molecule has 1 heterocycles. The molecular formula is C17H25N3OS. The lowest BCUT2D eigenvalue weighted by Gasteiger charge is -2.14. The van der Waals surface area contributed by atoms with Crippen molar-refractivity contribution in [3.05, 3.63) is 34.4 Å². The van der Waals surface area contributed by atoms with Crippen LogP contribution in [0.25, 0.3) is 0 Å². The van der Waals surface area contributed by atoms with Gasteiger partial charge in [0.25, 0.3) is 0 Å². The number of nitrogens with one attached hydrogen (secondary N) is 2. The van der Waals surface area contributed by atoms with E-state index in [1.165, 1.54) is 22.3 Å². The predicted octanol–water partition coefficient (Wildman–Crippen LogP) is 2.98. The molecule has 0 aromatic heterocycles. The fraction of sp³-hybridized carbons (Fsp3) is 0.529. The van der Waals surface area contributed by atoms with E-state index in [-0.39, 0.29) is 6.10 Å². The SMILES string of the molecule is C/C(=N/NC(=S)NC[C@@H]1CCCO1)c1c(C)cc(C)cc1C. The topological polar surface area (TPSA) is 45.7 Å². The van der Waals surface area contributed by atoms with E-state index in [0.717, 1.165) is 31.7 Å². The Bertz CT molecular complexity index is 554. The van der Waals surface area contributed by atoms with Gasteiger partial charge in [-0.05, 0) is 63.9 Å². The molecule has 120 valence electrons. The molecule has 1 fully saturated rings. The van der Waals surface area contributed by atoms with E-state index in [1.807, 2.05) is 6.92 Å². The second kappa shape index (κ2) is 7.70. The summed E-state index contributed by atoms with van der Waals surface area (Å²) in [6.45, 7) is 9.93. The Morgan fingerprint density at radius 1 is 1.32 bits per heavy atom. The van der Waals surface area contributed by atoms with E-state index < -0.39 is 0 Å². The predicted molar refractivity (Wildman–Crippen MR) is 95.6 cm³/mol. The zero-order chi connectivity index (χ0) is 16.1. The molecule has 0 aliphatic carbocycles. The molecular weight excluding hydrogens is 294 g/mol. The quantitative estimate of drug-likeness (QED) is 0.509. The van der Waals surface area contributed by atoms with Crippen LogP contribution < -0.4 is 10.7 Å². The van der Waals surface area contributed by atoms with E-state index in [4.69, 9.17) is 17.0 Å². The van der Waals surface area contributed by atoms with Gasteiger partial charge in [-0.3, -0.25) is 5.43 Å². The van der Waals surface area contributed by atoms with E-state index in [1.54, 1.807) is 0 Å². The highest BCUT2D eigenvalue weighted by atomic mass is 32.1. The molecule has 1 aliphatic heterocycles. The summed E-state index contributed by atoms with van der Waals surface area (Å²) < 4.78 is 5.56. The molecule has 0 unspecified atom stereocenters. The Hall–Kier alpha value is -1.46. The summed E-state index contributed by atoms with van der Waals surface area (Å²) in [4.78, 5) is 0. The fourth-order valence-corrected chi connectivity index (χ4v) is 3.12. The number of benzene rings is 1. The number of hydrazone groups is 1. The summed E-state index contributed by atoms with van der Waals surface area (Å²) in [7, 11) is 0. The number of hydrogen-bond donors (Lipinski definition) is 2. The Morgan fingerprint density at radius 2 is 2.00 bits per heavy atom. The molecule has 0 amide bonds. The van der Waals surface area contributed by atoms with Gasteiger partial charge in [0, 0.05) is 18.7 Å². The van der Waals surface area contributed by atoms with Crippen LogP contribution in [0.15, 0.2) is 17.2 Å². The van der Waals surface area contributed by atoms with Gasteiger partial charge in [-0.15, -0.1) is 0 Å². The molecule has 0 spiro atoms. The Balaban J connectivity index is 1.93. The first kappa shape index (κ1) is 16.9. The molecule has 1 saturated heterocycles. The molecule has 0 saturated carbocycles. The van der Waals surface area contributed by atoms with Crippen molar-refractivity contribution in [2.75, 3.05) is 13.2 Å². The standard InChI is InChI=1S/C17H25N3OS/c1-11-8-12(2)16(13(3)9-11)14(4)19-20-17(22)18-10-15-6-5-7-21-15/h8-9,15H,5-7,10H2,1-4H3,(H2,18,20,22)/b19-14-/t15-/m0/s1. The van der Waals surface area contributed by atoms with Crippen molar-refractivity contribution < 1.29 is 4.74 Å². The summed E-state index contributed by atoms with van der Waals surface area (Å²) in [5, 5.41) is 8.11. The lowest BCUT2D eigenvalue weighted by molar-refractivity contribution is 0.114. The van der Waals surface area contributed by atoms with E-state index >= 15 is 0 Å². The average molecular weight is 319 g/mol. The van der Waals surface area contributed by atoms with Crippen LogP contribution in [0.4, 0.5) is 0 Å². The number of nitrogens with zero attached hydrogens (tertiary/aromatic N) is 1. The third kappa shape index (κ3) is 4.52. The molecule has 0 bridgehead atoms. The van der Waals surface area contributed by atoms with Crippen molar-refractivity contribution in [2.45, 2.75) is 46.6 Å². The lowest BCUT2D eigenvalue weighted by Crippen LogP contribution is -2.37. The van der Waals surface area contributed by atoms with Crippen molar-refractivity contribution >= 4 is 23.0 Å². The highest BCUT2D eigenvalue weighted by molar-refractivity contribution is 7.80. The Morgan fingerprint density at radius 3 is 2.59 bits per heavy atom.